The van der Waals surface area contributed by atoms with Gasteiger partial charge in [0, 0.05) is 49.4 Å². The van der Waals surface area contributed by atoms with E-state index in [1.807, 2.05) is 13.8 Å². The molecule has 0 unspecified atom stereocenters. The normalized spacial score (nSPS) is 27.8. The number of hydrogen-bond acceptors (Lipinski definition) is 8. The summed E-state index contributed by atoms with van der Waals surface area (Å²) in [6, 6.07) is 0. The molecule has 8 heteroatoms. The van der Waals surface area contributed by atoms with Gasteiger partial charge in [-0.2, -0.15) is 0 Å². The molecule has 48 heavy (non-hydrogen) atoms. The average molecular weight is 679 g/mol. The van der Waals surface area contributed by atoms with Crippen molar-refractivity contribution in [2.75, 3.05) is 6.61 Å². The third kappa shape index (κ3) is 10.9. The second kappa shape index (κ2) is 19.6. The molecule has 2 rings (SSSR count). The molecule has 2 aliphatic carbocycles. The fourth-order valence-electron chi connectivity index (χ4n) is 7.92. The van der Waals surface area contributed by atoms with Crippen molar-refractivity contribution in [3.8, 4) is 0 Å². The Bertz CT molecular complexity index is 1050. The van der Waals surface area contributed by atoms with Gasteiger partial charge in [0.2, 0.25) is 0 Å². The van der Waals surface area contributed by atoms with Gasteiger partial charge in [0.15, 0.2) is 11.4 Å². The molecule has 6 atom stereocenters. The molecular weight excluding hydrogens is 608 g/mol. The van der Waals surface area contributed by atoms with E-state index in [2.05, 4.69) is 13.8 Å². The van der Waals surface area contributed by atoms with Crippen LogP contribution >= 0.6 is 0 Å². The lowest BCUT2D eigenvalue weighted by Gasteiger charge is -2.48. The molecule has 0 saturated heterocycles. The maximum atomic E-state index is 13.5. The molecule has 1 saturated carbocycles. The zero-order chi connectivity index (χ0) is 36.0. The highest BCUT2D eigenvalue weighted by molar-refractivity contribution is 5.87. The summed E-state index contributed by atoms with van der Waals surface area (Å²) in [6.45, 7) is 13.1. The Labute approximate surface area is 291 Å². The number of aliphatic hydroxyl groups excluding tert-OH is 1. The van der Waals surface area contributed by atoms with Crippen LogP contribution in [0.4, 0.5) is 0 Å². The molecule has 0 aromatic carbocycles. The number of esters is 2. The standard InChI is InChI=1S/C40H70O8/c1-8-11-13-15-17-19-21-23-34(43)47-36(40(29-37(40,6)7)48-35(44)24-22-20-18-16-14-12-9-2)30(4)38(45)26-25-32(28-41)27-39(46,31(38)5)33(42)10-3/h25,30-31,36,41,45-46H,8-24,26-29H2,1-7H3/t30-,31+,36-,38+,39-,40-/m1/s1. The van der Waals surface area contributed by atoms with E-state index in [-0.39, 0.29) is 44.7 Å². The summed E-state index contributed by atoms with van der Waals surface area (Å²) >= 11 is 0. The van der Waals surface area contributed by atoms with E-state index in [9.17, 15) is 29.7 Å². The van der Waals surface area contributed by atoms with Crippen LogP contribution < -0.4 is 0 Å². The molecule has 278 valence electrons. The Morgan fingerprint density at radius 2 is 1.31 bits per heavy atom. The molecule has 0 amide bonds. The van der Waals surface area contributed by atoms with Crippen molar-refractivity contribution in [3.05, 3.63) is 11.6 Å². The molecule has 0 spiro atoms. The molecule has 0 radical (unpaired) electrons. The first-order valence-electron chi connectivity index (χ1n) is 19.4. The molecule has 0 aromatic rings. The number of hydrogen-bond donors (Lipinski definition) is 3. The van der Waals surface area contributed by atoms with E-state index in [0.29, 0.717) is 18.4 Å². The summed E-state index contributed by atoms with van der Waals surface area (Å²) in [5.74, 6) is -2.93. The lowest BCUT2D eigenvalue weighted by Crippen LogP contribution is -2.61. The number of rotatable bonds is 24. The van der Waals surface area contributed by atoms with Crippen molar-refractivity contribution >= 4 is 17.7 Å². The zero-order valence-electron chi connectivity index (χ0n) is 31.5. The minimum atomic E-state index is -1.92. The number of carbonyl (C=O) groups is 3. The topological polar surface area (TPSA) is 130 Å². The molecule has 0 bridgehead atoms. The number of ketones is 1. The summed E-state index contributed by atoms with van der Waals surface area (Å²) in [5.41, 5.74) is -4.83. The molecule has 2 aliphatic rings. The fraction of sp³-hybridized carbons (Fsp3) is 0.875. The van der Waals surface area contributed by atoms with Crippen LogP contribution in [-0.4, -0.2) is 62.6 Å². The first-order chi connectivity index (χ1) is 22.7. The summed E-state index contributed by atoms with van der Waals surface area (Å²) in [6.07, 6.45) is 16.6. The van der Waals surface area contributed by atoms with E-state index < -0.39 is 51.9 Å². The van der Waals surface area contributed by atoms with Crippen LogP contribution in [0.5, 0.6) is 0 Å². The molecule has 1 fully saturated rings. The Kier molecular flexibility index (Phi) is 17.3. The molecular formula is C40H70O8. The second-order valence-corrected chi connectivity index (χ2v) is 15.7. The average Bonchev–Trinajstić information content (AvgIpc) is 3.64. The molecule has 8 nitrogen and oxygen atoms in total. The highest BCUT2D eigenvalue weighted by atomic mass is 16.6. The predicted octanol–water partition coefficient (Wildman–Crippen LogP) is 8.32. The van der Waals surface area contributed by atoms with Gasteiger partial charge in [-0.25, -0.2) is 0 Å². The first-order valence-corrected chi connectivity index (χ1v) is 19.4. The maximum Gasteiger partial charge on any atom is 0.306 e. The van der Waals surface area contributed by atoms with Gasteiger partial charge >= 0.3 is 11.9 Å². The Morgan fingerprint density at radius 1 is 0.833 bits per heavy atom. The summed E-state index contributed by atoms with van der Waals surface area (Å²) in [4.78, 5) is 40.1. The van der Waals surface area contributed by atoms with Crippen LogP contribution in [0.3, 0.4) is 0 Å². The van der Waals surface area contributed by atoms with Crippen LogP contribution in [0.2, 0.25) is 0 Å². The van der Waals surface area contributed by atoms with Crippen molar-refractivity contribution in [1.29, 1.82) is 0 Å². The summed E-state index contributed by atoms with van der Waals surface area (Å²) in [5, 5.41) is 34.5. The van der Waals surface area contributed by atoms with Crippen molar-refractivity contribution in [2.45, 2.75) is 200 Å². The number of unbranched alkanes of at least 4 members (excludes halogenated alkanes) is 12. The van der Waals surface area contributed by atoms with Crippen molar-refractivity contribution in [1.82, 2.24) is 0 Å². The lowest BCUT2D eigenvalue weighted by atomic mass is 9.65. The summed E-state index contributed by atoms with van der Waals surface area (Å²) in [7, 11) is 0. The lowest BCUT2D eigenvalue weighted by molar-refractivity contribution is -0.206. The van der Waals surface area contributed by atoms with Crippen molar-refractivity contribution in [3.63, 3.8) is 0 Å². The predicted molar refractivity (Wildman–Crippen MR) is 190 cm³/mol. The van der Waals surface area contributed by atoms with Gasteiger partial charge in [-0.3, -0.25) is 14.4 Å². The minimum absolute atomic E-state index is 0.0405. The molecule has 3 N–H and O–H groups in total. The van der Waals surface area contributed by atoms with Gasteiger partial charge in [-0.15, -0.1) is 0 Å². The highest BCUT2D eigenvalue weighted by Crippen LogP contribution is 2.64. The highest BCUT2D eigenvalue weighted by Gasteiger charge is 2.73. The van der Waals surface area contributed by atoms with Crippen molar-refractivity contribution in [2.24, 2.45) is 17.3 Å². The molecule has 0 aliphatic heterocycles. The zero-order valence-corrected chi connectivity index (χ0v) is 31.5. The quantitative estimate of drug-likeness (QED) is 0.0528. The van der Waals surface area contributed by atoms with Crippen LogP contribution in [-0.2, 0) is 23.9 Å². The fourth-order valence-corrected chi connectivity index (χ4v) is 7.92. The van der Waals surface area contributed by atoms with Crippen LogP contribution in [0.25, 0.3) is 0 Å². The van der Waals surface area contributed by atoms with E-state index in [4.69, 9.17) is 9.47 Å². The number of Topliss-reactive ketones (excluding diaryl/α,β-unsaturated/α-hetero) is 1. The SMILES string of the molecule is CCCCCCCCCC(=O)O[C@H]([C@@H](C)[C@@]1(O)CC=C(CO)C[C@](O)(C(=O)CC)[C@H]1C)[C@]1(OC(=O)CCCCCCCCC)CC1(C)C. The summed E-state index contributed by atoms with van der Waals surface area (Å²) < 4.78 is 12.6. The van der Waals surface area contributed by atoms with Crippen LogP contribution in [0.1, 0.15) is 177 Å². The van der Waals surface area contributed by atoms with Gasteiger partial charge in [0.1, 0.15) is 11.7 Å². The van der Waals surface area contributed by atoms with E-state index in [1.165, 1.54) is 38.5 Å². The smallest absolute Gasteiger partial charge is 0.306 e. The first kappa shape index (κ1) is 42.4. The Morgan fingerprint density at radius 3 is 1.77 bits per heavy atom. The van der Waals surface area contributed by atoms with Crippen LogP contribution in [0.15, 0.2) is 11.6 Å². The Balaban J connectivity index is 2.36. The van der Waals surface area contributed by atoms with Crippen LogP contribution in [0, 0.1) is 17.3 Å². The second-order valence-electron chi connectivity index (χ2n) is 15.7. The van der Waals surface area contributed by atoms with Gasteiger partial charge in [0.25, 0.3) is 0 Å². The minimum Gasteiger partial charge on any atom is -0.458 e. The van der Waals surface area contributed by atoms with Gasteiger partial charge in [-0.05, 0) is 24.8 Å². The third-order valence-corrected chi connectivity index (χ3v) is 11.6. The molecule has 0 aromatic heterocycles. The number of aliphatic hydroxyl groups is 3. The third-order valence-electron chi connectivity index (χ3n) is 11.6. The monoisotopic (exact) mass is 679 g/mol. The van der Waals surface area contributed by atoms with Gasteiger partial charge in [-0.1, -0.05) is 132 Å². The maximum absolute atomic E-state index is 13.5. The van der Waals surface area contributed by atoms with Crippen molar-refractivity contribution < 1.29 is 39.2 Å². The van der Waals surface area contributed by atoms with Gasteiger partial charge < -0.3 is 24.8 Å². The van der Waals surface area contributed by atoms with E-state index >= 15 is 0 Å². The molecule has 0 heterocycles. The Hall–Kier alpha value is -1.77. The largest absolute Gasteiger partial charge is 0.458 e. The number of carbonyl (C=O) groups excluding carboxylic acids is 3. The number of ether oxygens (including phenoxy) is 2. The van der Waals surface area contributed by atoms with Gasteiger partial charge in [0.05, 0.1) is 12.2 Å². The van der Waals surface area contributed by atoms with E-state index in [0.717, 1.165) is 44.9 Å². The van der Waals surface area contributed by atoms with E-state index in [1.54, 1.807) is 26.8 Å².